The van der Waals surface area contributed by atoms with E-state index < -0.39 is 0 Å². The monoisotopic (exact) mass is 343 g/mol. The first kappa shape index (κ1) is 16.1. The van der Waals surface area contributed by atoms with Crippen molar-refractivity contribution >= 4 is 28.3 Å². The van der Waals surface area contributed by atoms with Gasteiger partial charge in [-0.2, -0.15) is 0 Å². The van der Waals surface area contributed by atoms with E-state index in [0.717, 1.165) is 16.2 Å². The van der Waals surface area contributed by atoms with Gasteiger partial charge in [0.25, 0.3) is 0 Å². The molecule has 0 aliphatic rings. The molecule has 1 N–H and O–H groups in total. The Labute approximate surface area is 143 Å². The molecule has 24 heavy (non-hydrogen) atoms. The maximum Gasteiger partial charge on any atom is 0.244 e. The van der Waals surface area contributed by atoms with Gasteiger partial charge in [0, 0.05) is 35.5 Å². The highest BCUT2D eigenvalue weighted by Crippen LogP contribution is 2.25. The van der Waals surface area contributed by atoms with E-state index in [0.29, 0.717) is 18.0 Å². The van der Waals surface area contributed by atoms with Crippen molar-refractivity contribution < 1.29 is 14.3 Å². The number of carbonyl (C=O) groups is 1. The molecule has 7 heteroatoms. The highest BCUT2D eigenvalue weighted by molar-refractivity contribution is 7.15. The normalized spacial score (nSPS) is 11.1. The smallest absolute Gasteiger partial charge is 0.244 e. The lowest BCUT2D eigenvalue weighted by atomic mass is 10.1. The Bertz CT molecular complexity index is 854. The van der Waals surface area contributed by atoms with Crippen molar-refractivity contribution in [3.8, 4) is 11.5 Å². The second-order valence-corrected chi connectivity index (χ2v) is 5.86. The lowest BCUT2D eigenvalue weighted by molar-refractivity contribution is -0.116. The molecule has 0 bridgehead atoms. The van der Waals surface area contributed by atoms with Gasteiger partial charge in [0.05, 0.1) is 26.5 Å². The van der Waals surface area contributed by atoms with Crippen LogP contribution >= 0.6 is 11.3 Å². The number of imidazole rings is 1. The summed E-state index contributed by atoms with van der Waals surface area (Å²) in [6, 6.07) is 5.43. The van der Waals surface area contributed by atoms with Crippen LogP contribution in [0, 0.1) is 0 Å². The summed E-state index contributed by atoms with van der Waals surface area (Å²) in [6.45, 7) is 0.386. The minimum Gasteiger partial charge on any atom is -0.497 e. The van der Waals surface area contributed by atoms with Crippen LogP contribution in [0.1, 0.15) is 11.3 Å². The van der Waals surface area contributed by atoms with Crippen molar-refractivity contribution in [1.82, 2.24) is 14.7 Å². The molecule has 1 aromatic carbocycles. The average Bonchev–Trinajstić information content (AvgIpc) is 3.19. The number of hydrogen-bond acceptors (Lipinski definition) is 5. The van der Waals surface area contributed by atoms with E-state index in [9.17, 15) is 4.79 Å². The summed E-state index contributed by atoms with van der Waals surface area (Å²) in [5.74, 6) is 1.16. The van der Waals surface area contributed by atoms with E-state index in [1.807, 2.05) is 34.3 Å². The predicted molar refractivity (Wildman–Crippen MR) is 93.5 cm³/mol. The number of benzene rings is 1. The molecule has 3 aromatic rings. The van der Waals surface area contributed by atoms with Gasteiger partial charge >= 0.3 is 0 Å². The van der Waals surface area contributed by atoms with Gasteiger partial charge in [-0.25, -0.2) is 4.98 Å². The molecule has 6 nitrogen and oxygen atoms in total. The highest BCUT2D eigenvalue weighted by Gasteiger charge is 2.05. The zero-order valence-corrected chi connectivity index (χ0v) is 14.2. The van der Waals surface area contributed by atoms with E-state index in [2.05, 4.69) is 10.3 Å². The Hall–Kier alpha value is -2.80. The van der Waals surface area contributed by atoms with Crippen LogP contribution in [0.25, 0.3) is 11.0 Å². The van der Waals surface area contributed by atoms with Crippen LogP contribution in [0.4, 0.5) is 0 Å². The third kappa shape index (κ3) is 3.57. The number of methoxy groups -OCH3 is 2. The zero-order chi connectivity index (χ0) is 16.9. The van der Waals surface area contributed by atoms with Crippen molar-refractivity contribution in [3.63, 3.8) is 0 Å². The Kier molecular flexibility index (Phi) is 4.81. The number of thiazole rings is 1. The number of hydrogen-bond donors (Lipinski definition) is 1. The van der Waals surface area contributed by atoms with Gasteiger partial charge < -0.3 is 14.8 Å². The van der Waals surface area contributed by atoms with Crippen LogP contribution in [-0.4, -0.2) is 29.5 Å². The van der Waals surface area contributed by atoms with Gasteiger partial charge in [0.1, 0.15) is 11.5 Å². The van der Waals surface area contributed by atoms with Gasteiger partial charge in [-0.15, -0.1) is 11.3 Å². The molecule has 0 saturated heterocycles. The fraction of sp³-hybridized carbons (Fsp3) is 0.176. The maximum atomic E-state index is 12.0. The van der Waals surface area contributed by atoms with E-state index in [-0.39, 0.29) is 5.91 Å². The van der Waals surface area contributed by atoms with Gasteiger partial charge in [-0.3, -0.25) is 9.20 Å². The highest BCUT2D eigenvalue weighted by atomic mass is 32.1. The van der Waals surface area contributed by atoms with Crippen LogP contribution in [0.5, 0.6) is 11.5 Å². The first-order valence-corrected chi connectivity index (χ1v) is 8.16. The zero-order valence-electron chi connectivity index (χ0n) is 13.4. The molecular formula is C17H17N3O3S. The predicted octanol–water partition coefficient (Wildman–Crippen LogP) is 2.74. The third-order valence-electron chi connectivity index (χ3n) is 3.44. The summed E-state index contributed by atoms with van der Waals surface area (Å²) in [6.07, 6.45) is 7.03. The summed E-state index contributed by atoms with van der Waals surface area (Å²) in [5.41, 5.74) is 1.63. The lowest BCUT2D eigenvalue weighted by Crippen LogP contribution is -2.20. The maximum absolute atomic E-state index is 12.0. The number of nitrogens with zero attached hydrogens (tertiary/aromatic N) is 2. The van der Waals surface area contributed by atoms with Gasteiger partial charge in [0.15, 0.2) is 4.96 Å². The minimum atomic E-state index is -0.191. The molecule has 0 unspecified atom stereocenters. The minimum absolute atomic E-state index is 0.191. The summed E-state index contributed by atoms with van der Waals surface area (Å²) in [5, 5.41) is 4.79. The molecule has 2 heterocycles. The van der Waals surface area contributed by atoms with Crippen molar-refractivity contribution in [2.24, 2.45) is 0 Å². The molecule has 0 radical (unpaired) electrons. The van der Waals surface area contributed by atoms with E-state index in [1.54, 1.807) is 37.7 Å². The van der Waals surface area contributed by atoms with E-state index >= 15 is 0 Å². The number of amides is 1. The summed E-state index contributed by atoms with van der Waals surface area (Å²) >= 11 is 1.56. The fourth-order valence-corrected chi connectivity index (χ4v) is 2.94. The molecule has 0 saturated carbocycles. The molecule has 124 valence electrons. The number of ether oxygens (including phenoxy) is 2. The molecular weight excluding hydrogens is 326 g/mol. The first-order chi connectivity index (χ1) is 11.7. The molecule has 0 atom stereocenters. The Morgan fingerprint density at radius 1 is 1.38 bits per heavy atom. The van der Waals surface area contributed by atoms with Gasteiger partial charge in [-0.05, 0) is 18.2 Å². The van der Waals surface area contributed by atoms with Crippen molar-refractivity contribution in [1.29, 1.82) is 0 Å². The second-order valence-electron chi connectivity index (χ2n) is 4.98. The SMILES string of the molecule is COc1ccc(/C=C/C(=O)NCc2cn3ccsc3n2)c(OC)c1. The van der Waals surface area contributed by atoms with E-state index in [1.165, 1.54) is 6.08 Å². The van der Waals surface area contributed by atoms with E-state index in [4.69, 9.17) is 9.47 Å². The summed E-state index contributed by atoms with van der Waals surface area (Å²) < 4.78 is 12.4. The van der Waals surface area contributed by atoms with Crippen LogP contribution in [0.2, 0.25) is 0 Å². The molecule has 0 spiro atoms. The van der Waals surface area contributed by atoms with Gasteiger partial charge in [0.2, 0.25) is 5.91 Å². The molecule has 3 rings (SSSR count). The topological polar surface area (TPSA) is 64.9 Å². The number of rotatable bonds is 6. The molecule has 1 amide bonds. The van der Waals surface area contributed by atoms with Crippen LogP contribution in [0.15, 0.2) is 42.0 Å². The Morgan fingerprint density at radius 3 is 3.00 bits per heavy atom. The number of nitrogens with one attached hydrogen (secondary N) is 1. The fourth-order valence-electron chi connectivity index (χ4n) is 2.22. The van der Waals surface area contributed by atoms with Crippen LogP contribution in [0.3, 0.4) is 0 Å². The third-order valence-corrected chi connectivity index (χ3v) is 4.21. The first-order valence-electron chi connectivity index (χ1n) is 7.28. The van der Waals surface area contributed by atoms with Crippen LogP contribution in [-0.2, 0) is 11.3 Å². The molecule has 0 fully saturated rings. The Morgan fingerprint density at radius 2 is 2.25 bits per heavy atom. The molecule has 0 aliphatic carbocycles. The quantitative estimate of drug-likeness (QED) is 0.699. The van der Waals surface area contributed by atoms with Crippen LogP contribution < -0.4 is 14.8 Å². The largest absolute Gasteiger partial charge is 0.497 e. The standard InChI is InChI=1S/C17H17N3O3S/c1-22-14-5-3-12(15(9-14)23-2)4-6-16(21)18-10-13-11-20-7-8-24-17(20)19-13/h3-9,11H,10H2,1-2H3,(H,18,21)/b6-4+. The molecule has 0 aliphatic heterocycles. The Balaban J connectivity index is 1.61. The second kappa shape index (κ2) is 7.18. The average molecular weight is 343 g/mol. The number of fused-ring (bicyclic) bond motifs is 1. The summed E-state index contributed by atoms with van der Waals surface area (Å²) in [4.78, 5) is 17.3. The van der Waals surface area contributed by atoms with Crippen molar-refractivity contribution in [2.45, 2.75) is 6.54 Å². The number of carbonyl (C=O) groups excluding carboxylic acids is 1. The summed E-state index contributed by atoms with van der Waals surface area (Å²) in [7, 11) is 3.17. The lowest BCUT2D eigenvalue weighted by Gasteiger charge is -2.07. The van der Waals surface area contributed by atoms with Crippen molar-refractivity contribution in [2.75, 3.05) is 14.2 Å². The van der Waals surface area contributed by atoms with Crippen molar-refractivity contribution in [3.05, 3.63) is 53.3 Å². The number of aromatic nitrogens is 2. The van der Waals surface area contributed by atoms with Gasteiger partial charge in [-0.1, -0.05) is 0 Å². The molecule has 2 aromatic heterocycles.